The molecule has 1 saturated carbocycles. The van der Waals surface area contributed by atoms with Crippen molar-refractivity contribution < 1.29 is 29.2 Å². The normalized spacial score (nSPS) is 31.2. The van der Waals surface area contributed by atoms with E-state index in [-0.39, 0.29) is 18.7 Å². The molecule has 2 saturated heterocycles. The maximum Gasteiger partial charge on any atom is 0.407 e. The lowest BCUT2D eigenvalue weighted by molar-refractivity contribution is -0.0533. The number of fused-ring (bicyclic) bond motifs is 1. The molecule has 4 N–H and O–H groups in total. The Morgan fingerprint density at radius 2 is 2.07 bits per heavy atom. The lowest BCUT2D eigenvalue weighted by Crippen LogP contribution is -2.36. The number of alkyl carbamates (subject to hydrolysis) is 1. The van der Waals surface area contributed by atoms with Gasteiger partial charge < -0.3 is 35.1 Å². The number of aromatic nitrogens is 4. The van der Waals surface area contributed by atoms with Gasteiger partial charge in [-0.1, -0.05) is 0 Å². The van der Waals surface area contributed by atoms with Crippen LogP contribution >= 0.6 is 0 Å². The summed E-state index contributed by atoms with van der Waals surface area (Å²) in [4.78, 5) is 24.6. The van der Waals surface area contributed by atoms with Crippen molar-refractivity contribution in [1.29, 1.82) is 0 Å². The fourth-order valence-corrected chi connectivity index (χ4v) is 3.68. The van der Waals surface area contributed by atoms with Crippen LogP contribution in [0.25, 0.3) is 11.2 Å². The average molecular weight is 420 g/mol. The van der Waals surface area contributed by atoms with Crippen LogP contribution in [0.4, 0.5) is 10.6 Å². The first-order valence-corrected chi connectivity index (χ1v) is 10.1. The highest BCUT2D eigenvalue weighted by atomic mass is 16.6. The Morgan fingerprint density at radius 1 is 1.20 bits per heavy atom. The third-order valence-electron chi connectivity index (χ3n) is 5.52. The number of carbonyl (C=O) groups excluding carboxylic acids is 1. The highest BCUT2D eigenvalue weighted by Gasteiger charge is 2.45. The molecular formula is C18H24N6O6. The van der Waals surface area contributed by atoms with Gasteiger partial charge in [-0.2, -0.15) is 0 Å². The molecule has 3 fully saturated rings. The van der Waals surface area contributed by atoms with Gasteiger partial charge >= 0.3 is 6.09 Å². The number of rotatable bonds is 6. The van der Waals surface area contributed by atoms with Gasteiger partial charge in [0, 0.05) is 12.6 Å². The molecule has 12 heteroatoms. The minimum atomic E-state index is -1.24. The number of amides is 1. The van der Waals surface area contributed by atoms with Crippen LogP contribution in [0.2, 0.25) is 0 Å². The van der Waals surface area contributed by atoms with Crippen LogP contribution in [0.5, 0.6) is 0 Å². The number of imidazole rings is 1. The van der Waals surface area contributed by atoms with E-state index < -0.39 is 30.6 Å². The fraction of sp³-hybridized carbons (Fsp3) is 0.667. The van der Waals surface area contributed by atoms with E-state index in [0.29, 0.717) is 30.2 Å². The Labute approximate surface area is 171 Å². The summed E-state index contributed by atoms with van der Waals surface area (Å²) in [6.07, 6.45) is 0.825. The van der Waals surface area contributed by atoms with E-state index in [1.54, 1.807) is 4.57 Å². The summed E-state index contributed by atoms with van der Waals surface area (Å²) in [7, 11) is 0. The molecule has 5 rings (SSSR count). The lowest BCUT2D eigenvalue weighted by Gasteiger charge is -2.17. The van der Waals surface area contributed by atoms with Crippen molar-refractivity contribution in [2.75, 3.05) is 25.1 Å². The van der Waals surface area contributed by atoms with Gasteiger partial charge in [-0.05, 0) is 19.3 Å². The second-order valence-electron chi connectivity index (χ2n) is 7.81. The molecule has 4 heterocycles. The third-order valence-corrected chi connectivity index (χ3v) is 5.52. The first-order valence-electron chi connectivity index (χ1n) is 10.1. The topological polar surface area (TPSA) is 153 Å². The number of aliphatic hydroxyl groups excluding tert-OH is 2. The van der Waals surface area contributed by atoms with Crippen LogP contribution < -0.4 is 10.6 Å². The Morgan fingerprint density at radius 3 is 2.83 bits per heavy atom. The molecule has 2 aromatic rings. The molecule has 1 aliphatic carbocycles. The van der Waals surface area contributed by atoms with Gasteiger partial charge in [0.05, 0.1) is 19.0 Å². The second-order valence-corrected chi connectivity index (χ2v) is 7.81. The standard InChI is InChI=1S/C18H24N6O6/c25-13-11(6-29-18(27)23-9-1-2-9)30-17(14(13)26)24-8-21-12-15(19-7-20-16(12)24)22-10-3-4-28-5-10/h7-11,13-14,17,25-26H,1-6H2,(H,23,27)(H,19,20,22). The van der Waals surface area contributed by atoms with Gasteiger partial charge in [0.1, 0.15) is 31.2 Å². The van der Waals surface area contributed by atoms with Gasteiger partial charge in [-0.25, -0.2) is 19.7 Å². The molecule has 0 aromatic carbocycles. The zero-order valence-electron chi connectivity index (χ0n) is 16.2. The summed E-state index contributed by atoms with van der Waals surface area (Å²) in [5.41, 5.74) is 0.980. The SMILES string of the molecule is O=C(NC1CC1)OCC1OC(n2cnc3c(NC4CCOC4)ncnc32)C(O)C1O. The Balaban J connectivity index is 1.30. The molecule has 0 radical (unpaired) electrons. The van der Waals surface area contributed by atoms with E-state index in [4.69, 9.17) is 14.2 Å². The summed E-state index contributed by atoms with van der Waals surface area (Å²) in [6, 6.07) is 0.313. The maximum atomic E-state index is 11.7. The summed E-state index contributed by atoms with van der Waals surface area (Å²) in [5.74, 6) is 0.568. The molecule has 2 aliphatic heterocycles. The molecule has 12 nitrogen and oxygen atoms in total. The van der Waals surface area contributed by atoms with E-state index in [1.165, 1.54) is 12.7 Å². The minimum Gasteiger partial charge on any atom is -0.447 e. The molecule has 0 spiro atoms. The van der Waals surface area contributed by atoms with Crippen LogP contribution in [0.15, 0.2) is 12.7 Å². The molecule has 3 aliphatic rings. The van der Waals surface area contributed by atoms with Crippen LogP contribution in [0, 0.1) is 0 Å². The monoisotopic (exact) mass is 420 g/mol. The predicted molar refractivity (Wildman–Crippen MR) is 102 cm³/mol. The molecule has 30 heavy (non-hydrogen) atoms. The van der Waals surface area contributed by atoms with E-state index in [9.17, 15) is 15.0 Å². The molecule has 5 atom stereocenters. The van der Waals surface area contributed by atoms with E-state index in [1.807, 2.05) is 0 Å². The molecule has 162 valence electrons. The molecule has 1 amide bonds. The number of nitrogens with one attached hydrogen (secondary N) is 2. The van der Waals surface area contributed by atoms with Gasteiger partial charge in [-0.15, -0.1) is 0 Å². The van der Waals surface area contributed by atoms with Crippen molar-refractivity contribution in [3.8, 4) is 0 Å². The van der Waals surface area contributed by atoms with Crippen molar-refractivity contribution in [3.05, 3.63) is 12.7 Å². The number of anilines is 1. The van der Waals surface area contributed by atoms with Crippen LogP contribution in [-0.2, 0) is 14.2 Å². The zero-order chi connectivity index (χ0) is 20.7. The Hall–Kier alpha value is -2.54. The molecule has 5 unspecified atom stereocenters. The Kier molecular flexibility index (Phi) is 5.15. The highest BCUT2D eigenvalue weighted by molar-refractivity contribution is 5.82. The average Bonchev–Trinajstić information content (AvgIpc) is 3.12. The first-order chi connectivity index (χ1) is 14.6. The van der Waals surface area contributed by atoms with E-state index >= 15 is 0 Å². The second kappa shape index (κ2) is 7.95. The lowest BCUT2D eigenvalue weighted by atomic mass is 10.1. The Bertz CT molecular complexity index is 914. The zero-order valence-corrected chi connectivity index (χ0v) is 16.2. The smallest absolute Gasteiger partial charge is 0.407 e. The summed E-state index contributed by atoms with van der Waals surface area (Å²) < 4.78 is 17.8. The van der Waals surface area contributed by atoms with Crippen molar-refractivity contribution >= 4 is 23.1 Å². The number of aliphatic hydroxyl groups is 2. The van der Waals surface area contributed by atoms with Gasteiger partial charge in [0.25, 0.3) is 0 Å². The number of nitrogens with zero attached hydrogens (tertiary/aromatic N) is 4. The summed E-state index contributed by atoms with van der Waals surface area (Å²) in [6.45, 7) is 1.12. The maximum absolute atomic E-state index is 11.7. The van der Waals surface area contributed by atoms with Crippen molar-refractivity contribution in [1.82, 2.24) is 24.8 Å². The van der Waals surface area contributed by atoms with Crippen molar-refractivity contribution in [2.45, 2.75) is 55.9 Å². The summed E-state index contributed by atoms with van der Waals surface area (Å²) >= 11 is 0. The number of carbonyl (C=O) groups is 1. The van der Waals surface area contributed by atoms with Gasteiger partial charge in [-0.3, -0.25) is 4.57 Å². The fourth-order valence-electron chi connectivity index (χ4n) is 3.68. The highest BCUT2D eigenvalue weighted by Crippen LogP contribution is 2.32. The van der Waals surface area contributed by atoms with Crippen molar-refractivity contribution in [3.63, 3.8) is 0 Å². The molecule has 2 aromatic heterocycles. The van der Waals surface area contributed by atoms with Crippen LogP contribution in [0.3, 0.4) is 0 Å². The first kappa shape index (κ1) is 19.4. The quantitative estimate of drug-likeness (QED) is 0.483. The summed E-state index contributed by atoms with van der Waals surface area (Å²) in [5, 5.41) is 26.9. The number of hydrogen-bond acceptors (Lipinski definition) is 10. The predicted octanol–water partition coefficient (Wildman–Crippen LogP) is -0.465. The molecule has 0 bridgehead atoms. The number of ether oxygens (including phenoxy) is 3. The van der Waals surface area contributed by atoms with Crippen LogP contribution in [0.1, 0.15) is 25.5 Å². The third kappa shape index (κ3) is 3.78. The van der Waals surface area contributed by atoms with Crippen LogP contribution in [-0.4, -0.2) is 86.0 Å². The largest absolute Gasteiger partial charge is 0.447 e. The minimum absolute atomic E-state index is 0.145. The van der Waals surface area contributed by atoms with E-state index in [2.05, 4.69) is 25.6 Å². The van der Waals surface area contributed by atoms with Gasteiger partial charge in [0.2, 0.25) is 0 Å². The van der Waals surface area contributed by atoms with Gasteiger partial charge in [0.15, 0.2) is 23.2 Å². The number of hydrogen-bond donors (Lipinski definition) is 4. The van der Waals surface area contributed by atoms with E-state index in [0.717, 1.165) is 19.3 Å². The molecular weight excluding hydrogens is 396 g/mol. The van der Waals surface area contributed by atoms with Crippen molar-refractivity contribution in [2.24, 2.45) is 0 Å².